The molecule has 4 heteroatoms. The van der Waals surface area contributed by atoms with E-state index in [1.54, 1.807) is 0 Å². The van der Waals surface area contributed by atoms with E-state index in [1.165, 1.54) is 11.1 Å². The third kappa shape index (κ3) is 6.86. The second-order valence-electron chi connectivity index (χ2n) is 6.99. The molecule has 0 saturated heterocycles. The van der Waals surface area contributed by atoms with E-state index in [0.717, 1.165) is 28.3 Å². The van der Waals surface area contributed by atoms with Gasteiger partial charge in [-0.3, -0.25) is 0 Å². The predicted molar refractivity (Wildman–Crippen MR) is 113 cm³/mol. The monoisotopic (exact) mass is 467 g/mol. The Morgan fingerprint density at radius 3 is 2.44 bits per heavy atom. The van der Waals surface area contributed by atoms with E-state index in [4.69, 9.17) is 0 Å². The van der Waals surface area contributed by atoms with Crippen molar-refractivity contribution in [3.05, 3.63) is 68.6 Å². The van der Waals surface area contributed by atoms with Gasteiger partial charge in [0.2, 0.25) is 0 Å². The molecule has 0 spiro atoms. The highest BCUT2D eigenvalue weighted by Crippen LogP contribution is 2.25. The van der Waals surface area contributed by atoms with Crippen molar-refractivity contribution in [2.75, 3.05) is 13.2 Å². The number of rotatable bonds is 9. The van der Waals surface area contributed by atoms with Crippen LogP contribution < -0.4 is 5.32 Å². The van der Waals surface area contributed by atoms with Gasteiger partial charge in [-0.25, -0.2) is 0 Å². The van der Waals surface area contributed by atoms with E-state index in [2.05, 4.69) is 87.4 Å². The molecule has 2 rings (SSSR count). The van der Waals surface area contributed by atoms with Gasteiger partial charge in [0.15, 0.2) is 0 Å². The summed E-state index contributed by atoms with van der Waals surface area (Å²) in [4.78, 5) is 0. The molecule has 0 heterocycles. The summed E-state index contributed by atoms with van der Waals surface area (Å²) in [6.07, 6.45) is 1.93. The van der Waals surface area contributed by atoms with Crippen LogP contribution in [-0.4, -0.2) is 18.3 Å². The summed E-state index contributed by atoms with van der Waals surface area (Å²) in [6, 6.07) is 17.0. The molecule has 0 saturated carbocycles. The summed E-state index contributed by atoms with van der Waals surface area (Å²) in [5, 5.41) is 13.5. The Morgan fingerprint density at radius 1 is 1.04 bits per heavy atom. The Hall–Kier alpha value is -0.680. The van der Waals surface area contributed by atoms with E-state index in [1.807, 2.05) is 12.1 Å². The van der Waals surface area contributed by atoms with Crippen LogP contribution in [0.1, 0.15) is 37.4 Å². The molecule has 0 radical (unpaired) electrons. The van der Waals surface area contributed by atoms with E-state index in [-0.39, 0.29) is 12.5 Å². The zero-order valence-electron chi connectivity index (χ0n) is 14.9. The second kappa shape index (κ2) is 10.5. The van der Waals surface area contributed by atoms with E-state index in [9.17, 15) is 5.11 Å². The lowest BCUT2D eigenvalue weighted by Gasteiger charge is -2.24. The van der Waals surface area contributed by atoms with Gasteiger partial charge in [-0.1, -0.05) is 76.0 Å². The summed E-state index contributed by atoms with van der Waals surface area (Å²) in [7, 11) is 0. The number of benzene rings is 2. The molecule has 136 valence electrons. The first-order valence-electron chi connectivity index (χ1n) is 8.82. The fraction of sp³-hybridized carbons (Fsp3) is 0.429. The van der Waals surface area contributed by atoms with Gasteiger partial charge in [0.25, 0.3) is 0 Å². The molecule has 2 unspecified atom stereocenters. The number of hydrogen-bond acceptors (Lipinski definition) is 2. The molecule has 2 nitrogen and oxygen atoms in total. The molecule has 25 heavy (non-hydrogen) atoms. The molecule has 2 aromatic rings. The van der Waals surface area contributed by atoms with Crippen molar-refractivity contribution in [2.24, 2.45) is 11.8 Å². The number of aliphatic hydroxyl groups excluding tert-OH is 1. The first-order valence-corrected chi connectivity index (χ1v) is 10.4. The number of halogens is 2. The summed E-state index contributed by atoms with van der Waals surface area (Å²) >= 11 is 7.17. The maximum absolute atomic E-state index is 9.82. The van der Waals surface area contributed by atoms with Gasteiger partial charge >= 0.3 is 0 Å². The van der Waals surface area contributed by atoms with Gasteiger partial charge < -0.3 is 10.4 Å². The molecule has 2 atom stereocenters. The minimum Gasteiger partial charge on any atom is -0.396 e. The van der Waals surface area contributed by atoms with Crippen LogP contribution in [0.3, 0.4) is 0 Å². The molecule has 0 aliphatic carbocycles. The van der Waals surface area contributed by atoms with Crippen molar-refractivity contribution in [1.82, 2.24) is 5.32 Å². The topological polar surface area (TPSA) is 32.3 Å². The Balaban J connectivity index is 2.03. The van der Waals surface area contributed by atoms with Crippen molar-refractivity contribution in [3.63, 3.8) is 0 Å². The normalized spacial score (nSPS) is 13.8. The molecule has 0 aliphatic rings. The van der Waals surface area contributed by atoms with Crippen LogP contribution in [0.25, 0.3) is 0 Å². The Labute approximate surface area is 168 Å². The number of nitrogens with one attached hydrogen (secondary N) is 1. The maximum Gasteiger partial charge on any atom is 0.0474 e. The van der Waals surface area contributed by atoms with Crippen LogP contribution in [0.2, 0.25) is 0 Å². The zero-order valence-corrected chi connectivity index (χ0v) is 18.1. The summed E-state index contributed by atoms with van der Waals surface area (Å²) in [5.41, 5.74) is 2.53. The van der Waals surface area contributed by atoms with Gasteiger partial charge in [-0.05, 0) is 54.0 Å². The average Bonchev–Trinajstić information content (AvgIpc) is 2.58. The molecular weight excluding hydrogens is 442 g/mol. The fourth-order valence-corrected chi connectivity index (χ4v) is 3.88. The van der Waals surface area contributed by atoms with Gasteiger partial charge in [-0.15, -0.1) is 0 Å². The van der Waals surface area contributed by atoms with Crippen molar-refractivity contribution >= 4 is 31.9 Å². The Bertz CT molecular complexity index is 660. The minimum absolute atomic E-state index is 0.182. The molecule has 0 bridgehead atoms. The maximum atomic E-state index is 9.82. The SMILES string of the molecule is CC(C)CC(NCC(CO)Cc1ccccc1Br)c1cccc(Br)c1. The van der Waals surface area contributed by atoms with Crippen LogP contribution >= 0.6 is 31.9 Å². The molecule has 0 fully saturated rings. The second-order valence-corrected chi connectivity index (χ2v) is 8.76. The average molecular weight is 469 g/mol. The quantitative estimate of drug-likeness (QED) is 0.491. The fourth-order valence-electron chi connectivity index (χ4n) is 3.02. The van der Waals surface area contributed by atoms with Crippen LogP contribution in [0.4, 0.5) is 0 Å². The first kappa shape index (κ1) is 20.6. The largest absolute Gasteiger partial charge is 0.396 e. The highest BCUT2D eigenvalue weighted by Gasteiger charge is 2.17. The number of hydrogen-bond donors (Lipinski definition) is 2. The molecule has 0 aromatic heterocycles. The minimum atomic E-state index is 0.182. The summed E-state index contributed by atoms with van der Waals surface area (Å²) in [5.74, 6) is 0.799. The smallest absolute Gasteiger partial charge is 0.0474 e. The van der Waals surface area contributed by atoms with Crippen LogP contribution in [0.15, 0.2) is 57.5 Å². The van der Waals surface area contributed by atoms with Crippen LogP contribution in [0.5, 0.6) is 0 Å². The standard InChI is InChI=1S/C21H27Br2NO/c1-15(2)10-21(18-7-5-8-19(22)12-18)24-13-16(14-25)11-17-6-3-4-9-20(17)23/h3-9,12,15-16,21,24-25H,10-11,13-14H2,1-2H3. The van der Waals surface area contributed by atoms with E-state index in [0.29, 0.717) is 12.0 Å². The predicted octanol–water partition coefficient (Wildman–Crippen LogP) is 5.74. The number of aliphatic hydroxyl groups is 1. The molecular formula is C21H27Br2NO. The highest BCUT2D eigenvalue weighted by atomic mass is 79.9. The Kier molecular flexibility index (Phi) is 8.63. The first-order chi connectivity index (χ1) is 12.0. The molecule has 0 aliphatic heterocycles. The molecule has 2 N–H and O–H groups in total. The lowest BCUT2D eigenvalue weighted by Crippen LogP contribution is -2.31. The van der Waals surface area contributed by atoms with Gasteiger partial charge in [-0.2, -0.15) is 0 Å². The highest BCUT2D eigenvalue weighted by molar-refractivity contribution is 9.10. The van der Waals surface area contributed by atoms with Crippen molar-refractivity contribution in [1.29, 1.82) is 0 Å². The van der Waals surface area contributed by atoms with E-state index >= 15 is 0 Å². The zero-order chi connectivity index (χ0) is 18.2. The third-order valence-electron chi connectivity index (χ3n) is 4.34. The summed E-state index contributed by atoms with van der Waals surface area (Å²) < 4.78 is 2.21. The van der Waals surface area contributed by atoms with E-state index < -0.39 is 0 Å². The molecule has 0 amide bonds. The van der Waals surface area contributed by atoms with Crippen molar-refractivity contribution in [2.45, 2.75) is 32.7 Å². The van der Waals surface area contributed by atoms with Gasteiger partial charge in [0, 0.05) is 28.1 Å². The third-order valence-corrected chi connectivity index (χ3v) is 5.60. The van der Waals surface area contributed by atoms with Crippen molar-refractivity contribution in [3.8, 4) is 0 Å². The van der Waals surface area contributed by atoms with Crippen molar-refractivity contribution < 1.29 is 5.11 Å². The lowest BCUT2D eigenvalue weighted by atomic mass is 9.95. The van der Waals surface area contributed by atoms with Crippen LogP contribution in [-0.2, 0) is 6.42 Å². The van der Waals surface area contributed by atoms with Gasteiger partial charge in [0.05, 0.1) is 0 Å². The Morgan fingerprint density at radius 2 is 1.80 bits per heavy atom. The van der Waals surface area contributed by atoms with Gasteiger partial charge in [0.1, 0.15) is 0 Å². The lowest BCUT2D eigenvalue weighted by molar-refractivity contribution is 0.216. The van der Waals surface area contributed by atoms with Crippen LogP contribution in [0, 0.1) is 11.8 Å². The molecule has 2 aromatic carbocycles. The summed E-state index contributed by atoms with van der Waals surface area (Å²) in [6.45, 7) is 5.47.